The number of hydrogen-bond donors (Lipinski definition) is 1. The van der Waals surface area contributed by atoms with E-state index in [0.717, 1.165) is 18.8 Å². The molecule has 4 heteroatoms. The van der Waals surface area contributed by atoms with E-state index in [2.05, 4.69) is 16.9 Å². The zero-order valence-electron chi connectivity index (χ0n) is 9.37. The zero-order chi connectivity index (χ0) is 10.8. The number of nitrogens with zero attached hydrogens (tertiary/aromatic N) is 2. The minimum absolute atomic E-state index is 0.132. The summed E-state index contributed by atoms with van der Waals surface area (Å²) in [5.74, 6) is 0. The van der Waals surface area contributed by atoms with Crippen molar-refractivity contribution in [2.75, 3.05) is 13.6 Å². The number of thiazole rings is 1. The highest BCUT2D eigenvalue weighted by molar-refractivity contribution is 7.09. The second kappa shape index (κ2) is 4.38. The number of hydrogen-bond acceptors (Lipinski definition) is 4. The van der Waals surface area contributed by atoms with Crippen LogP contribution in [0.4, 0.5) is 0 Å². The summed E-state index contributed by atoms with van der Waals surface area (Å²) in [7, 11) is 2.09. The molecule has 0 unspecified atom stereocenters. The molecule has 0 saturated carbocycles. The topological polar surface area (TPSA) is 42.2 Å². The van der Waals surface area contributed by atoms with Crippen molar-refractivity contribution in [2.45, 2.75) is 32.9 Å². The van der Waals surface area contributed by atoms with E-state index in [1.807, 2.05) is 26.3 Å². The molecule has 1 aromatic rings. The summed E-state index contributed by atoms with van der Waals surface area (Å²) in [5, 5.41) is 0. The van der Waals surface area contributed by atoms with E-state index in [0.29, 0.717) is 0 Å². The summed E-state index contributed by atoms with van der Waals surface area (Å²) in [6.45, 7) is 7.97. The van der Waals surface area contributed by atoms with Gasteiger partial charge in [0, 0.05) is 23.5 Å². The predicted molar refractivity (Wildman–Crippen MR) is 61.5 cm³/mol. The van der Waals surface area contributed by atoms with Crippen LogP contribution >= 0.6 is 11.3 Å². The van der Waals surface area contributed by atoms with Gasteiger partial charge in [-0.15, -0.1) is 11.3 Å². The third-order valence-electron chi connectivity index (χ3n) is 1.94. The Morgan fingerprint density at radius 1 is 1.57 bits per heavy atom. The van der Waals surface area contributed by atoms with Crippen LogP contribution in [0.1, 0.15) is 24.4 Å². The first-order chi connectivity index (χ1) is 6.38. The van der Waals surface area contributed by atoms with Crippen molar-refractivity contribution in [3.05, 3.63) is 16.1 Å². The van der Waals surface area contributed by atoms with Crippen LogP contribution in [0.25, 0.3) is 0 Å². The SMILES string of the molecule is Cc1ncsc1CN(C)CC(C)(C)N. The largest absolute Gasteiger partial charge is 0.324 e. The standard InChI is InChI=1S/C10H19N3S/c1-8-9(14-7-12-8)5-13(4)6-10(2,3)11/h7H,5-6,11H2,1-4H3. The van der Waals surface area contributed by atoms with Gasteiger partial charge in [-0.1, -0.05) is 0 Å². The van der Waals surface area contributed by atoms with Crippen LogP contribution in [-0.4, -0.2) is 29.0 Å². The molecule has 0 aliphatic heterocycles. The lowest BCUT2D eigenvalue weighted by atomic mass is 10.1. The van der Waals surface area contributed by atoms with E-state index in [1.54, 1.807) is 11.3 Å². The molecule has 80 valence electrons. The first-order valence-electron chi connectivity index (χ1n) is 4.75. The van der Waals surface area contributed by atoms with Crippen LogP contribution < -0.4 is 5.73 Å². The summed E-state index contributed by atoms with van der Waals surface area (Å²) in [6.07, 6.45) is 0. The Balaban J connectivity index is 2.50. The van der Waals surface area contributed by atoms with Crippen LogP contribution in [0.15, 0.2) is 5.51 Å². The Morgan fingerprint density at radius 2 is 2.21 bits per heavy atom. The summed E-state index contributed by atoms with van der Waals surface area (Å²) < 4.78 is 0. The van der Waals surface area contributed by atoms with Crippen LogP contribution in [0, 0.1) is 6.92 Å². The Kier molecular flexibility index (Phi) is 3.64. The Hall–Kier alpha value is -0.450. The monoisotopic (exact) mass is 213 g/mol. The summed E-state index contributed by atoms with van der Waals surface area (Å²) in [5.41, 5.74) is 8.85. The van der Waals surface area contributed by atoms with Gasteiger partial charge in [-0.05, 0) is 27.8 Å². The lowest BCUT2D eigenvalue weighted by Gasteiger charge is -2.26. The van der Waals surface area contributed by atoms with Gasteiger partial charge < -0.3 is 5.73 Å². The van der Waals surface area contributed by atoms with Crippen molar-refractivity contribution in [2.24, 2.45) is 5.73 Å². The van der Waals surface area contributed by atoms with E-state index < -0.39 is 0 Å². The number of likely N-dealkylation sites (N-methyl/N-ethyl adjacent to an activating group) is 1. The van der Waals surface area contributed by atoms with Crippen molar-refractivity contribution >= 4 is 11.3 Å². The maximum absolute atomic E-state index is 5.95. The molecule has 0 amide bonds. The van der Waals surface area contributed by atoms with Crippen molar-refractivity contribution in [3.8, 4) is 0 Å². The molecule has 2 N–H and O–H groups in total. The van der Waals surface area contributed by atoms with Gasteiger partial charge in [0.2, 0.25) is 0 Å². The van der Waals surface area contributed by atoms with Gasteiger partial charge in [0.15, 0.2) is 0 Å². The molecule has 0 saturated heterocycles. The smallest absolute Gasteiger partial charge is 0.0798 e. The first-order valence-corrected chi connectivity index (χ1v) is 5.63. The van der Waals surface area contributed by atoms with Gasteiger partial charge >= 0.3 is 0 Å². The summed E-state index contributed by atoms with van der Waals surface area (Å²) in [4.78, 5) is 7.79. The molecule has 14 heavy (non-hydrogen) atoms. The normalized spacial score (nSPS) is 12.4. The molecule has 1 heterocycles. The van der Waals surface area contributed by atoms with Crippen molar-refractivity contribution in [1.82, 2.24) is 9.88 Å². The fraction of sp³-hybridized carbons (Fsp3) is 0.700. The molecule has 0 fully saturated rings. The molecule has 3 nitrogen and oxygen atoms in total. The zero-order valence-corrected chi connectivity index (χ0v) is 10.2. The van der Waals surface area contributed by atoms with E-state index in [9.17, 15) is 0 Å². The molecule has 0 aliphatic rings. The lowest BCUT2D eigenvalue weighted by molar-refractivity contribution is 0.264. The van der Waals surface area contributed by atoms with Crippen LogP contribution in [0.3, 0.4) is 0 Å². The quantitative estimate of drug-likeness (QED) is 0.826. The molecule has 0 aromatic carbocycles. The van der Waals surface area contributed by atoms with Gasteiger partial charge in [-0.3, -0.25) is 4.90 Å². The van der Waals surface area contributed by atoms with E-state index in [4.69, 9.17) is 5.73 Å². The van der Waals surface area contributed by atoms with Crippen molar-refractivity contribution in [1.29, 1.82) is 0 Å². The number of rotatable bonds is 4. The van der Waals surface area contributed by atoms with Gasteiger partial charge in [-0.25, -0.2) is 4.98 Å². The average molecular weight is 213 g/mol. The van der Waals surface area contributed by atoms with Crippen molar-refractivity contribution in [3.63, 3.8) is 0 Å². The third-order valence-corrected chi connectivity index (χ3v) is 2.86. The fourth-order valence-electron chi connectivity index (χ4n) is 1.47. The lowest BCUT2D eigenvalue weighted by Crippen LogP contribution is -2.43. The third kappa shape index (κ3) is 3.74. The van der Waals surface area contributed by atoms with Gasteiger partial charge in [0.1, 0.15) is 0 Å². The maximum atomic E-state index is 5.95. The molecule has 0 atom stereocenters. The molecule has 1 aromatic heterocycles. The van der Waals surface area contributed by atoms with Crippen LogP contribution in [0.2, 0.25) is 0 Å². The molecule has 0 bridgehead atoms. The Labute approximate surface area is 89.9 Å². The highest BCUT2D eigenvalue weighted by Crippen LogP contribution is 2.14. The maximum Gasteiger partial charge on any atom is 0.0798 e. The first kappa shape index (κ1) is 11.6. The average Bonchev–Trinajstić information content (AvgIpc) is 2.32. The van der Waals surface area contributed by atoms with Gasteiger partial charge in [-0.2, -0.15) is 0 Å². The van der Waals surface area contributed by atoms with E-state index >= 15 is 0 Å². The van der Waals surface area contributed by atoms with E-state index in [-0.39, 0.29) is 5.54 Å². The number of aromatic nitrogens is 1. The van der Waals surface area contributed by atoms with Gasteiger partial charge in [0.25, 0.3) is 0 Å². The number of nitrogens with two attached hydrogens (primary N) is 1. The Bertz CT molecular complexity index is 288. The van der Waals surface area contributed by atoms with Gasteiger partial charge in [0.05, 0.1) is 11.2 Å². The van der Waals surface area contributed by atoms with Crippen molar-refractivity contribution < 1.29 is 0 Å². The molecule has 0 radical (unpaired) electrons. The number of aryl methyl sites for hydroxylation is 1. The summed E-state index contributed by atoms with van der Waals surface area (Å²) in [6, 6.07) is 0. The van der Waals surface area contributed by atoms with E-state index in [1.165, 1.54) is 4.88 Å². The molecular formula is C10H19N3S. The molecule has 0 spiro atoms. The van der Waals surface area contributed by atoms with Crippen LogP contribution in [-0.2, 0) is 6.54 Å². The predicted octanol–water partition coefficient (Wildman–Crippen LogP) is 1.62. The highest BCUT2D eigenvalue weighted by atomic mass is 32.1. The fourth-order valence-corrected chi connectivity index (χ4v) is 2.33. The van der Waals surface area contributed by atoms with Crippen LogP contribution in [0.5, 0.6) is 0 Å². The second-order valence-electron chi connectivity index (χ2n) is 4.52. The molecule has 0 aliphatic carbocycles. The second-order valence-corrected chi connectivity index (χ2v) is 5.46. The summed E-state index contributed by atoms with van der Waals surface area (Å²) >= 11 is 1.71. The molecular weight excluding hydrogens is 194 g/mol. The minimum Gasteiger partial charge on any atom is -0.324 e. The highest BCUT2D eigenvalue weighted by Gasteiger charge is 2.14. The molecule has 1 rings (SSSR count). The Morgan fingerprint density at radius 3 is 2.64 bits per heavy atom. The minimum atomic E-state index is -0.132.